The topological polar surface area (TPSA) is 12.5 Å². The van der Waals surface area contributed by atoms with Crippen LogP contribution in [-0.4, -0.2) is 25.1 Å². The third-order valence-corrected chi connectivity index (χ3v) is 5.79. The summed E-state index contributed by atoms with van der Waals surface area (Å²) in [6.07, 6.45) is 5.83. The monoisotopic (exact) mass is 421 g/mol. The van der Waals surface area contributed by atoms with Crippen molar-refractivity contribution >= 4 is 27.5 Å². The van der Waals surface area contributed by atoms with Crippen molar-refractivity contribution in [2.75, 3.05) is 20.2 Å². The second kappa shape index (κ2) is 9.07. The molecule has 0 saturated carbocycles. The number of rotatable bonds is 6. The van der Waals surface area contributed by atoms with Crippen LogP contribution in [0.2, 0.25) is 5.02 Å². The van der Waals surface area contributed by atoms with Gasteiger partial charge in [0, 0.05) is 16.0 Å². The van der Waals surface area contributed by atoms with E-state index in [0.29, 0.717) is 0 Å². The number of methoxy groups -OCH3 is 1. The molecule has 2 aromatic carbocycles. The Morgan fingerprint density at radius 3 is 2.60 bits per heavy atom. The van der Waals surface area contributed by atoms with Gasteiger partial charge >= 0.3 is 0 Å². The zero-order valence-corrected chi connectivity index (χ0v) is 17.1. The molecule has 0 spiro atoms. The molecule has 1 aliphatic rings. The Bertz CT molecular complexity index is 713. The van der Waals surface area contributed by atoms with Crippen LogP contribution in [0.5, 0.6) is 5.75 Å². The molecule has 1 saturated heterocycles. The van der Waals surface area contributed by atoms with Crippen LogP contribution in [0.4, 0.5) is 0 Å². The van der Waals surface area contributed by atoms with E-state index in [1.54, 1.807) is 7.11 Å². The molecule has 4 heteroatoms. The van der Waals surface area contributed by atoms with Crippen molar-refractivity contribution < 1.29 is 4.74 Å². The Hall–Kier alpha value is -1.03. The van der Waals surface area contributed by atoms with Gasteiger partial charge in [-0.25, -0.2) is 0 Å². The molecule has 0 atom stereocenters. The summed E-state index contributed by atoms with van der Waals surface area (Å²) in [5, 5.41) is 0.878. The lowest BCUT2D eigenvalue weighted by molar-refractivity contribution is 0.220. The van der Waals surface area contributed by atoms with E-state index in [9.17, 15) is 0 Å². The van der Waals surface area contributed by atoms with Crippen LogP contribution in [0.3, 0.4) is 0 Å². The number of halogens is 2. The van der Waals surface area contributed by atoms with Gasteiger partial charge in [-0.2, -0.15) is 0 Å². The first kappa shape index (κ1) is 18.8. The van der Waals surface area contributed by atoms with Gasteiger partial charge in [-0.3, -0.25) is 4.90 Å². The van der Waals surface area contributed by atoms with Crippen molar-refractivity contribution in [1.29, 1.82) is 0 Å². The third kappa shape index (κ3) is 4.99. The molecule has 0 amide bonds. The third-order valence-electron chi connectivity index (χ3n) is 4.95. The van der Waals surface area contributed by atoms with Crippen LogP contribution in [-0.2, 0) is 19.4 Å². The van der Waals surface area contributed by atoms with Crippen LogP contribution < -0.4 is 4.74 Å². The Balaban J connectivity index is 1.76. The van der Waals surface area contributed by atoms with Crippen molar-refractivity contribution in [2.24, 2.45) is 0 Å². The molecular formula is C21H25BrClNO. The molecular weight excluding hydrogens is 398 g/mol. The van der Waals surface area contributed by atoms with Crippen molar-refractivity contribution in [3.05, 3.63) is 62.6 Å². The Morgan fingerprint density at radius 1 is 1.04 bits per heavy atom. The maximum absolute atomic E-state index is 6.56. The Morgan fingerprint density at radius 2 is 1.84 bits per heavy atom. The van der Waals surface area contributed by atoms with Crippen LogP contribution in [0.15, 0.2) is 40.9 Å². The first-order valence-corrected chi connectivity index (χ1v) is 10.2. The molecule has 1 fully saturated rings. The van der Waals surface area contributed by atoms with Gasteiger partial charge in [0.15, 0.2) is 0 Å². The van der Waals surface area contributed by atoms with Crippen molar-refractivity contribution in [3.8, 4) is 5.75 Å². The van der Waals surface area contributed by atoms with Gasteiger partial charge in [0.2, 0.25) is 0 Å². The predicted molar refractivity (Wildman–Crippen MR) is 109 cm³/mol. The van der Waals surface area contributed by atoms with Crippen molar-refractivity contribution in [1.82, 2.24) is 4.90 Å². The van der Waals surface area contributed by atoms with Gasteiger partial charge in [0.1, 0.15) is 5.75 Å². The zero-order chi connectivity index (χ0) is 17.6. The molecule has 1 aliphatic heterocycles. The molecule has 0 bridgehead atoms. The van der Waals surface area contributed by atoms with Crippen molar-refractivity contribution in [3.63, 3.8) is 0 Å². The number of benzene rings is 2. The van der Waals surface area contributed by atoms with E-state index in [-0.39, 0.29) is 0 Å². The highest BCUT2D eigenvalue weighted by Crippen LogP contribution is 2.28. The van der Waals surface area contributed by atoms with Gasteiger partial charge in [-0.05, 0) is 79.7 Å². The zero-order valence-electron chi connectivity index (χ0n) is 14.7. The highest BCUT2D eigenvalue weighted by molar-refractivity contribution is 9.10. The molecule has 0 N–H and O–H groups in total. The summed E-state index contributed by atoms with van der Waals surface area (Å²) in [6, 6.07) is 12.5. The van der Waals surface area contributed by atoms with E-state index in [1.807, 2.05) is 18.2 Å². The fourth-order valence-corrected chi connectivity index (χ4v) is 4.29. The quantitative estimate of drug-likeness (QED) is 0.576. The number of piperidine rings is 1. The van der Waals surface area contributed by atoms with Gasteiger partial charge in [0.25, 0.3) is 0 Å². The minimum atomic E-state index is 0.878. The second-order valence-electron chi connectivity index (χ2n) is 6.67. The minimum absolute atomic E-state index is 0.878. The van der Waals surface area contributed by atoms with E-state index >= 15 is 0 Å². The molecule has 25 heavy (non-hydrogen) atoms. The fraction of sp³-hybridized carbons (Fsp3) is 0.429. The first-order valence-electron chi connectivity index (χ1n) is 8.98. The second-order valence-corrected chi connectivity index (χ2v) is 7.99. The van der Waals surface area contributed by atoms with E-state index in [1.165, 1.54) is 49.0 Å². The predicted octanol–water partition coefficient (Wildman–Crippen LogP) is 5.88. The highest BCUT2D eigenvalue weighted by atomic mass is 79.9. The molecule has 2 aromatic rings. The van der Waals surface area contributed by atoms with E-state index in [0.717, 1.165) is 34.6 Å². The molecule has 1 heterocycles. The lowest BCUT2D eigenvalue weighted by Crippen LogP contribution is -2.29. The number of hydrogen-bond donors (Lipinski definition) is 0. The molecule has 2 nitrogen and oxygen atoms in total. The number of likely N-dealkylation sites (tertiary alicyclic amines) is 1. The van der Waals surface area contributed by atoms with Crippen LogP contribution in [0.1, 0.15) is 36.0 Å². The highest BCUT2D eigenvalue weighted by Gasteiger charge is 2.15. The smallest absolute Gasteiger partial charge is 0.122 e. The summed E-state index contributed by atoms with van der Waals surface area (Å²) >= 11 is 10.1. The lowest BCUT2D eigenvalue weighted by Gasteiger charge is -2.27. The first-order chi connectivity index (χ1) is 12.2. The molecule has 0 aromatic heterocycles. The van der Waals surface area contributed by atoms with Gasteiger partial charge in [-0.15, -0.1) is 0 Å². The van der Waals surface area contributed by atoms with Gasteiger partial charge < -0.3 is 4.74 Å². The molecule has 0 radical (unpaired) electrons. The van der Waals surface area contributed by atoms with E-state index in [4.69, 9.17) is 16.3 Å². The SMILES string of the molecule is COc1ccc(Br)cc1CCc1c(Cl)cccc1CN1CCCCC1. The molecule has 0 aliphatic carbocycles. The maximum Gasteiger partial charge on any atom is 0.122 e. The standard InChI is InChI=1S/C21H25BrClNO/c1-25-21-11-9-18(22)14-16(21)8-10-19-17(6-5-7-20(19)23)15-24-12-3-2-4-13-24/h5-7,9,11,14H,2-4,8,10,12-13,15H2,1H3. The number of aryl methyl sites for hydroxylation is 1. The number of ether oxygens (including phenoxy) is 1. The van der Waals surface area contributed by atoms with Crippen LogP contribution >= 0.6 is 27.5 Å². The van der Waals surface area contributed by atoms with Crippen LogP contribution in [0.25, 0.3) is 0 Å². The summed E-state index contributed by atoms with van der Waals surface area (Å²) in [6.45, 7) is 3.41. The Kier molecular flexibility index (Phi) is 6.80. The summed E-state index contributed by atoms with van der Waals surface area (Å²) in [5.74, 6) is 0.938. The number of nitrogens with zero attached hydrogens (tertiary/aromatic N) is 1. The average molecular weight is 423 g/mol. The average Bonchev–Trinajstić information content (AvgIpc) is 2.62. The molecule has 0 unspecified atom stereocenters. The lowest BCUT2D eigenvalue weighted by atomic mass is 9.98. The molecule has 3 rings (SSSR count). The normalized spacial score (nSPS) is 15.3. The van der Waals surface area contributed by atoms with Crippen LogP contribution in [0, 0.1) is 0 Å². The summed E-state index contributed by atoms with van der Waals surface area (Å²) < 4.78 is 6.59. The van der Waals surface area contributed by atoms with Gasteiger partial charge in [0.05, 0.1) is 7.11 Å². The largest absolute Gasteiger partial charge is 0.496 e. The minimum Gasteiger partial charge on any atom is -0.496 e. The van der Waals surface area contributed by atoms with E-state index < -0.39 is 0 Å². The number of hydrogen-bond acceptors (Lipinski definition) is 2. The summed E-state index contributed by atoms with van der Waals surface area (Å²) in [5.41, 5.74) is 3.85. The van der Waals surface area contributed by atoms with E-state index in [2.05, 4.69) is 39.0 Å². The molecule has 134 valence electrons. The maximum atomic E-state index is 6.56. The summed E-state index contributed by atoms with van der Waals surface area (Å²) in [7, 11) is 1.73. The van der Waals surface area contributed by atoms with Crippen molar-refractivity contribution in [2.45, 2.75) is 38.6 Å². The Labute approximate surface area is 164 Å². The fourth-order valence-electron chi connectivity index (χ4n) is 3.59. The van der Waals surface area contributed by atoms with Gasteiger partial charge in [-0.1, -0.05) is 46.1 Å². The summed E-state index contributed by atoms with van der Waals surface area (Å²) in [4.78, 5) is 2.55.